The van der Waals surface area contributed by atoms with Crippen molar-refractivity contribution in [1.82, 2.24) is 14.8 Å². The van der Waals surface area contributed by atoms with Crippen LogP contribution in [0.4, 0.5) is 0 Å². The topological polar surface area (TPSA) is 39.9 Å². The summed E-state index contributed by atoms with van der Waals surface area (Å²) < 4.78 is 7.69. The molecular formula is C16H23N3O. The van der Waals surface area contributed by atoms with Crippen molar-refractivity contribution in [3.8, 4) is 5.75 Å². The van der Waals surface area contributed by atoms with Crippen LogP contribution in [0.1, 0.15) is 39.2 Å². The average molecular weight is 273 g/mol. The zero-order valence-corrected chi connectivity index (χ0v) is 12.5. The monoisotopic (exact) mass is 273 g/mol. The molecule has 0 bridgehead atoms. The minimum atomic E-state index is -0.140. The molecule has 2 rings (SSSR count). The van der Waals surface area contributed by atoms with E-state index in [1.54, 1.807) is 12.7 Å². The molecule has 4 nitrogen and oxygen atoms in total. The Morgan fingerprint density at radius 2 is 1.85 bits per heavy atom. The summed E-state index contributed by atoms with van der Waals surface area (Å²) in [6, 6.07) is 8.41. The lowest BCUT2D eigenvalue weighted by atomic mass is 10.1. The number of hydrogen-bond acceptors (Lipinski definition) is 3. The van der Waals surface area contributed by atoms with Gasteiger partial charge in [0.05, 0.1) is 0 Å². The van der Waals surface area contributed by atoms with Crippen LogP contribution in [0.15, 0.2) is 36.9 Å². The molecule has 0 aliphatic carbocycles. The van der Waals surface area contributed by atoms with E-state index in [9.17, 15) is 0 Å². The Morgan fingerprint density at radius 1 is 1.10 bits per heavy atom. The van der Waals surface area contributed by atoms with Crippen molar-refractivity contribution in [2.45, 2.75) is 52.2 Å². The molecule has 0 aliphatic rings. The van der Waals surface area contributed by atoms with E-state index in [1.807, 2.05) is 4.68 Å². The van der Waals surface area contributed by atoms with Gasteiger partial charge in [-0.1, -0.05) is 12.1 Å². The second kappa shape index (κ2) is 6.55. The Balaban J connectivity index is 1.73. The molecule has 2 aromatic rings. The van der Waals surface area contributed by atoms with Crippen LogP contribution in [0.5, 0.6) is 5.75 Å². The first kappa shape index (κ1) is 14.6. The minimum Gasteiger partial charge on any atom is -0.488 e. The lowest BCUT2D eigenvalue weighted by Crippen LogP contribution is -2.22. The number of nitrogens with zero attached hydrogens (tertiary/aromatic N) is 3. The predicted octanol–water partition coefficient (Wildman–Crippen LogP) is 3.48. The second-order valence-corrected chi connectivity index (χ2v) is 5.97. The number of benzene rings is 1. The first-order valence-corrected chi connectivity index (χ1v) is 7.13. The number of ether oxygens (including phenoxy) is 1. The van der Waals surface area contributed by atoms with Crippen LogP contribution < -0.4 is 4.74 Å². The first-order chi connectivity index (χ1) is 9.53. The van der Waals surface area contributed by atoms with E-state index in [2.05, 4.69) is 55.1 Å². The van der Waals surface area contributed by atoms with Gasteiger partial charge in [-0.15, -0.1) is 0 Å². The molecule has 0 spiro atoms. The van der Waals surface area contributed by atoms with Crippen LogP contribution in [-0.4, -0.2) is 20.4 Å². The summed E-state index contributed by atoms with van der Waals surface area (Å²) in [5, 5.41) is 4.10. The number of aromatic nitrogens is 3. The molecule has 0 fully saturated rings. The fourth-order valence-corrected chi connectivity index (χ4v) is 2.03. The Morgan fingerprint density at radius 3 is 2.45 bits per heavy atom. The van der Waals surface area contributed by atoms with Gasteiger partial charge in [0.25, 0.3) is 0 Å². The largest absolute Gasteiger partial charge is 0.488 e. The Hall–Kier alpha value is -1.84. The zero-order valence-electron chi connectivity index (χ0n) is 12.5. The fraction of sp³-hybridized carbons (Fsp3) is 0.500. The van der Waals surface area contributed by atoms with E-state index in [4.69, 9.17) is 4.74 Å². The molecule has 0 saturated heterocycles. The molecule has 0 amide bonds. The van der Waals surface area contributed by atoms with E-state index in [0.29, 0.717) is 0 Å². The van der Waals surface area contributed by atoms with E-state index >= 15 is 0 Å². The van der Waals surface area contributed by atoms with Gasteiger partial charge in [-0.05, 0) is 57.7 Å². The molecule has 0 atom stereocenters. The van der Waals surface area contributed by atoms with Gasteiger partial charge in [0.2, 0.25) is 0 Å². The zero-order chi connectivity index (χ0) is 14.4. The normalized spacial score (nSPS) is 11.6. The molecule has 108 valence electrons. The highest BCUT2D eigenvalue weighted by Crippen LogP contribution is 2.19. The Labute approximate surface area is 120 Å². The van der Waals surface area contributed by atoms with Crippen molar-refractivity contribution in [3.63, 3.8) is 0 Å². The number of rotatable bonds is 6. The van der Waals surface area contributed by atoms with Crippen LogP contribution in [0.3, 0.4) is 0 Å². The molecular weight excluding hydrogens is 250 g/mol. The molecule has 1 heterocycles. The van der Waals surface area contributed by atoms with Gasteiger partial charge in [0, 0.05) is 6.54 Å². The van der Waals surface area contributed by atoms with Crippen LogP contribution >= 0.6 is 0 Å². The molecule has 0 N–H and O–H groups in total. The van der Waals surface area contributed by atoms with Crippen LogP contribution in [0.25, 0.3) is 0 Å². The van der Waals surface area contributed by atoms with Crippen molar-refractivity contribution < 1.29 is 4.74 Å². The van der Waals surface area contributed by atoms with E-state index in [0.717, 1.165) is 31.6 Å². The molecule has 0 saturated carbocycles. The van der Waals surface area contributed by atoms with E-state index in [-0.39, 0.29) is 5.60 Å². The minimum absolute atomic E-state index is 0.140. The average Bonchev–Trinajstić information content (AvgIpc) is 2.88. The highest BCUT2D eigenvalue weighted by atomic mass is 16.5. The fourth-order valence-electron chi connectivity index (χ4n) is 2.03. The maximum atomic E-state index is 5.81. The summed E-state index contributed by atoms with van der Waals surface area (Å²) in [6.45, 7) is 7.12. The summed E-state index contributed by atoms with van der Waals surface area (Å²) in [7, 11) is 0. The summed E-state index contributed by atoms with van der Waals surface area (Å²) in [5.74, 6) is 0.934. The number of aryl methyl sites for hydroxylation is 2. The Kier molecular flexibility index (Phi) is 4.77. The molecule has 0 radical (unpaired) electrons. The highest BCUT2D eigenvalue weighted by Gasteiger charge is 2.11. The van der Waals surface area contributed by atoms with Gasteiger partial charge in [0.15, 0.2) is 0 Å². The summed E-state index contributed by atoms with van der Waals surface area (Å²) in [6.07, 6.45) is 6.69. The quantitative estimate of drug-likeness (QED) is 0.756. The molecule has 20 heavy (non-hydrogen) atoms. The maximum absolute atomic E-state index is 5.81. The van der Waals surface area contributed by atoms with Crippen molar-refractivity contribution in [1.29, 1.82) is 0 Å². The van der Waals surface area contributed by atoms with Gasteiger partial charge in [-0.3, -0.25) is 4.68 Å². The molecule has 0 aliphatic heterocycles. The standard InChI is InChI=1S/C16H23N3O/c1-16(2,3)20-15-9-7-14(8-10-15)6-4-5-11-19-13-17-12-18-19/h7-10,12-13H,4-6,11H2,1-3H3. The highest BCUT2D eigenvalue weighted by molar-refractivity contribution is 5.27. The maximum Gasteiger partial charge on any atom is 0.137 e. The van der Waals surface area contributed by atoms with E-state index < -0.39 is 0 Å². The van der Waals surface area contributed by atoms with Crippen LogP contribution in [-0.2, 0) is 13.0 Å². The Bertz CT molecular complexity index is 498. The van der Waals surface area contributed by atoms with Gasteiger partial charge >= 0.3 is 0 Å². The summed E-state index contributed by atoms with van der Waals surface area (Å²) in [5.41, 5.74) is 1.21. The lowest BCUT2D eigenvalue weighted by Gasteiger charge is -2.21. The lowest BCUT2D eigenvalue weighted by molar-refractivity contribution is 0.131. The molecule has 0 unspecified atom stereocenters. The molecule has 1 aromatic carbocycles. The van der Waals surface area contributed by atoms with E-state index in [1.165, 1.54) is 5.56 Å². The second-order valence-electron chi connectivity index (χ2n) is 5.97. The smallest absolute Gasteiger partial charge is 0.137 e. The third-order valence-electron chi connectivity index (χ3n) is 2.92. The van der Waals surface area contributed by atoms with Gasteiger partial charge < -0.3 is 4.74 Å². The van der Waals surface area contributed by atoms with Crippen molar-refractivity contribution in [2.24, 2.45) is 0 Å². The summed E-state index contributed by atoms with van der Waals surface area (Å²) >= 11 is 0. The third kappa shape index (κ3) is 5.03. The van der Waals surface area contributed by atoms with Gasteiger partial charge in [-0.2, -0.15) is 5.10 Å². The van der Waals surface area contributed by atoms with Gasteiger partial charge in [-0.25, -0.2) is 4.98 Å². The SMILES string of the molecule is CC(C)(C)Oc1ccc(CCCCn2cncn2)cc1. The van der Waals surface area contributed by atoms with Crippen molar-refractivity contribution in [2.75, 3.05) is 0 Å². The third-order valence-corrected chi connectivity index (χ3v) is 2.92. The van der Waals surface area contributed by atoms with Crippen LogP contribution in [0, 0.1) is 0 Å². The summed E-state index contributed by atoms with van der Waals surface area (Å²) in [4.78, 5) is 3.94. The van der Waals surface area contributed by atoms with Gasteiger partial charge in [0.1, 0.15) is 24.0 Å². The first-order valence-electron chi connectivity index (χ1n) is 7.13. The van der Waals surface area contributed by atoms with Crippen molar-refractivity contribution >= 4 is 0 Å². The predicted molar refractivity (Wildman–Crippen MR) is 79.8 cm³/mol. The van der Waals surface area contributed by atoms with Crippen molar-refractivity contribution in [3.05, 3.63) is 42.5 Å². The molecule has 1 aromatic heterocycles. The van der Waals surface area contributed by atoms with Crippen LogP contribution in [0.2, 0.25) is 0 Å². The number of unbranched alkanes of at least 4 members (excludes halogenated alkanes) is 1. The molecule has 4 heteroatoms. The number of hydrogen-bond donors (Lipinski definition) is 0.